The van der Waals surface area contributed by atoms with Gasteiger partial charge >= 0.3 is 0 Å². The Balaban J connectivity index is 1.86. The Kier molecular flexibility index (Phi) is 2.10. The average Bonchev–Trinajstić information content (AvgIpc) is 2.62. The molecule has 26 heavy (non-hydrogen) atoms. The van der Waals surface area contributed by atoms with E-state index in [0.29, 0.717) is 51.6 Å². The van der Waals surface area contributed by atoms with E-state index in [2.05, 4.69) is 6.92 Å². The third-order valence-corrected chi connectivity index (χ3v) is 5.59. The van der Waals surface area contributed by atoms with Gasteiger partial charge in [0.2, 0.25) is 0 Å². The molecular formula is C20H15N3O3. The van der Waals surface area contributed by atoms with Gasteiger partial charge in [0.05, 0.1) is 39.2 Å². The minimum Gasteiger partial charge on any atom is -0.454 e. The third kappa shape index (κ3) is 1.29. The normalized spacial score (nSPS) is 16.0. The number of benzene rings is 3. The molecule has 0 bridgehead atoms. The van der Waals surface area contributed by atoms with Crippen molar-refractivity contribution in [2.24, 2.45) is 0 Å². The summed E-state index contributed by atoms with van der Waals surface area (Å²) in [6.07, 6.45) is 0. The van der Waals surface area contributed by atoms with Crippen LogP contribution >= 0.6 is 0 Å². The zero-order valence-electron chi connectivity index (χ0n) is 13.9. The first-order chi connectivity index (χ1) is 12.5. The molecule has 0 fully saturated rings. The maximum atomic E-state index is 6.24. The van der Waals surface area contributed by atoms with Gasteiger partial charge in [0.25, 0.3) is 0 Å². The Labute approximate surface area is 149 Å². The van der Waals surface area contributed by atoms with Crippen molar-refractivity contribution in [3.05, 3.63) is 53.1 Å². The quantitative estimate of drug-likeness (QED) is 0.414. The molecule has 0 atom stereocenters. The molecule has 6 heteroatoms. The van der Waals surface area contributed by atoms with Gasteiger partial charge in [-0.05, 0) is 43.3 Å². The SMILES string of the molecule is CC12c3c4ccc(N)c3Oc3ccc(N)c(c31)Oc1ccc(N)c(c12)O4. The minimum absolute atomic E-state index is 0.554. The molecule has 3 heterocycles. The number of ether oxygens (including phenoxy) is 3. The lowest BCUT2D eigenvalue weighted by atomic mass is 9.65. The van der Waals surface area contributed by atoms with E-state index in [0.717, 1.165) is 16.7 Å². The van der Waals surface area contributed by atoms with Crippen LogP contribution in [0.3, 0.4) is 0 Å². The van der Waals surface area contributed by atoms with Gasteiger partial charge in [-0.15, -0.1) is 0 Å². The van der Waals surface area contributed by atoms with Gasteiger partial charge in [0.1, 0.15) is 17.2 Å². The molecule has 3 aliphatic heterocycles. The summed E-state index contributed by atoms with van der Waals surface area (Å²) < 4.78 is 18.5. The van der Waals surface area contributed by atoms with Crippen molar-refractivity contribution in [1.82, 2.24) is 0 Å². The Morgan fingerprint density at radius 1 is 0.577 bits per heavy atom. The second-order valence-electron chi connectivity index (χ2n) is 7.00. The molecule has 0 unspecified atom stereocenters. The van der Waals surface area contributed by atoms with Gasteiger partial charge in [-0.3, -0.25) is 0 Å². The van der Waals surface area contributed by atoms with Crippen molar-refractivity contribution in [1.29, 1.82) is 0 Å². The predicted molar refractivity (Wildman–Crippen MR) is 98.3 cm³/mol. The first-order valence-corrected chi connectivity index (χ1v) is 8.32. The van der Waals surface area contributed by atoms with Crippen LogP contribution in [0.5, 0.6) is 34.5 Å². The van der Waals surface area contributed by atoms with E-state index in [4.69, 9.17) is 31.4 Å². The van der Waals surface area contributed by atoms with Crippen LogP contribution < -0.4 is 31.4 Å². The van der Waals surface area contributed by atoms with Gasteiger partial charge < -0.3 is 31.4 Å². The topological polar surface area (TPSA) is 106 Å². The fourth-order valence-corrected chi connectivity index (χ4v) is 4.45. The molecule has 6 rings (SSSR count). The van der Waals surface area contributed by atoms with Gasteiger partial charge in [-0.1, -0.05) is 0 Å². The van der Waals surface area contributed by atoms with Crippen molar-refractivity contribution in [3.63, 3.8) is 0 Å². The van der Waals surface area contributed by atoms with Crippen molar-refractivity contribution in [2.75, 3.05) is 17.2 Å². The summed E-state index contributed by atoms with van der Waals surface area (Å²) in [6.45, 7) is 2.12. The van der Waals surface area contributed by atoms with Crippen molar-refractivity contribution < 1.29 is 14.2 Å². The fourth-order valence-electron chi connectivity index (χ4n) is 4.45. The van der Waals surface area contributed by atoms with Crippen LogP contribution in [0, 0.1) is 0 Å². The summed E-state index contributed by atoms with van der Waals surface area (Å²) in [4.78, 5) is 0. The zero-order valence-corrected chi connectivity index (χ0v) is 13.9. The number of rotatable bonds is 0. The summed E-state index contributed by atoms with van der Waals surface area (Å²) in [5.41, 5.74) is 22.4. The molecular weight excluding hydrogens is 330 g/mol. The smallest absolute Gasteiger partial charge is 0.158 e. The average molecular weight is 345 g/mol. The summed E-state index contributed by atoms with van der Waals surface area (Å²) in [5, 5.41) is 0. The van der Waals surface area contributed by atoms with Crippen molar-refractivity contribution in [3.8, 4) is 34.5 Å². The molecule has 0 spiro atoms. The van der Waals surface area contributed by atoms with Gasteiger partial charge in [0, 0.05) is 0 Å². The monoisotopic (exact) mass is 345 g/mol. The lowest BCUT2D eigenvalue weighted by Gasteiger charge is -2.46. The molecule has 0 saturated carbocycles. The zero-order chi connectivity index (χ0) is 17.8. The van der Waals surface area contributed by atoms with Crippen LogP contribution in [-0.2, 0) is 5.41 Å². The van der Waals surface area contributed by atoms with Crippen molar-refractivity contribution in [2.45, 2.75) is 12.3 Å². The molecule has 3 aromatic carbocycles. The highest BCUT2D eigenvalue weighted by Crippen LogP contribution is 2.68. The Hall–Kier alpha value is -3.54. The van der Waals surface area contributed by atoms with Gasteiger partial charge in [0.15, 0.2) is 17.2 Å². The van der Waals surface area contributed by atoms with E-state index in [1.807, 2.05) is 18.2 Å². The van der Waals surface area contributed by atoms with Crippen LogP contribution in [0.2, 0.25) is 0 Å². The molecule has 0 saturated heterocycles. The van der Waals surface area contributed by atoms with Crippen LogP contribution in [-0.4, -0.2) is 0 Å². The van der Waals surface area contributed by atoms with Crippen LogP contribution in [0.4, 0.5) is 17.1 Å². The fraction of sp³-hybridized carbons (Fsp3) is 0.100. The summed E-state index contributed by atoms with van der Waals surface area (Å²) in [5.74, 6) is 3.84. The summed E-state index contributed by atoms with van der Waals surface area (Å²) in [7, 11) is 0. The molecule has 3 aliphatic rings. The molecule has 0 amide bonds. The van der Waals surface area contributed by atoms with E-state index < -0.39 is 5.41 Å². The van der Waals surface area contributed by atoms with Gasteiger partial charge in [-0.2, -0.15) is 0 Å². The standard InChI is InChI=1S/C20H15N3O3/c1-20-14-11-5-2-8(21)17(14)25-12-6-3-10(23)19(15(12)20)26-13-7-4-9(22)18(24-11)16(13)20/h2-7H,21-23H2,1H3. The van der Waals surface area contributed by atoms with Gasteiger partial charge in [-0.25, -0.2) is 0 Å². The Morgan fingerprint density at radius 3 is 1.19 bits per heavy atom. The number of nitrogens with two attached hydrogens (primary N) is 3. The first kappa shape index (κ1) is 13.7. The third-order valence-electron chi connectivity index (χ3n) is 5.59. The second kappa shape index (κ2) is 3.99. The van der Waals surface area contributed by atoms with Crippen molar-refractivity contribution >= 4 is 17.1 Å². The lowest BCUT2D eigenvalue weighted by molar-refractivity contribution is 0.340. The number of hydrogen-bond acceptors (Lipinski definition) is 6. The van der Waals surface area contributed by atoms with Crippen LogP contribution in [0.25, 0.3) is 0 Å². The maximum absolute atomic E-state index is 6.24. The molecule has 3 aromatic rings. The number of nitrogen functional groups attached to an aromatic ring is 3. The Bertz CT molecular complexity index is 1030. The van der Waals surface area contributed by atoms with E-state index in [1.165, 1.54) is 0 Å². The van der Waals surface area contributed by atoms with E-state index in [1.54, 1.807) is 18.2 Å². The van der Waals surface area contributed by atoms with Crippen LogP contribution in [0.15, 0.2) is 36.4 Å². The summed E-state index contributed by atoms with van der Waals surface area (Å²) >= 11 is 0. The molecule has 0 radical (unpaired) electrons. The lowest BCUT2D eigenvalue weighted by Crippen LogP contribution is -2.36. The number of anilines is 3. The van der Waals surface area contributed by atoms with E-state index in [9.17, 15) is 0 Å². The maximum Gasteiger partial charge on any atom is 0.158 e. The highest BCUT2D eigenvalue weighted by atomic mass is 16.5. The second-order valence-corrected chi connectivity index (χ2v) is 7.00. The highest BCUT2D eigenvalue weighted by Gasteiger charge is 2.53. The minimum atomic E-state index is -0.588. The highest BCUT2D eigenvalue weighted by molar-refractivity contribution is 5.85. The molecule has 0 aliphatic carbocycles. The molecule has 0 aromatic heterocycles. The van der Waals surface area contributed by atoms with E-state index >= 15 is 0 Å². The predicted octanol–water partition coefficient (Wildman–Crippen LogP) is 4.10. The Morgan fingerprint density at radius 2 is 0.885 bits per heavy atom. The summed E-state index contributed by atoms with van der Waals surface area (Å²) in [6, 6.07) is 10.9. The largest absolute Gasteiger partial charge is 0.454 e. The number of hydrogen-bond donors (Lipinski definition) is 3. The van der Waals surface area contributed by atoms with E-state index in [-0.39, 0.29) is 0 Å². The molecule has 128 valence electrons. The first-order valence-electron chi connectivity index (χ1n) is 8.32. The molecule has 6 nitrogen and oxygen atoms in total. The van der Waals surface area contributed by atoms with Crippen LogP contribution in [0.1, 0.15) is 23.6 Å². The molecule has 6 N–H and O–H groups in total.